The van der Waals surface area contributed by atoms with Crippen molar-refractivity contribution >= 4 is 29.6 Å². The van der Waals surface area contributed by atoms with Crippen LogP contribution in [0.2, 0.25) is 0 Å². The van der Waals surface area contributed by atoms with Gasteiger partial charge in [-0.2, -0.15) is 0 Å². The van der Waals surface area contributed by atoms with Crippen molar-refractivity contribution in [2.24, 2.45) is 3.21 Å². The highest BCUT2D eigenvalue weighted by Gasteiger charge is 1.57. The van der Waals surface area contributed by atoms with Crippen molar-refractivity contribution in [2.45, 2.75) is 0 Å². The molecule has 1 aromatic carbocycles. The minimum absolute atomic E-state index is 1.80. The predicted octanol–water partition coefficient (Wildman–Crippen LogP) is 2.72. The lowest BCUT2D eigenvalue weighted by Crippen LogP contribution is -1.47. The first-order valence-corrected chi connectivity index (χ1v) is 3.45. The Kier molecular flexibility index (Phi) is 7.30. The second kappa shape index (κ2) is 7.62. The van der Waals surface area contributed by atoms with Gasteiger partial charge in [-0.25, -0.2) is 3.21 Å². The van der Waals surface area contributed by atoms with E-state index < -0.39 is 0 Å². The minimum Gasteiger partial charge on any atom is -0.231 e. The topological polar surface area (TPSA) is 12.4 Å². The van der Waals surface area contributed by atoms with Crippen LogP contribution in [0.15, 0.2) is 39.6 Å². The van der Waals surface area contributed by atoms with E-state index in [4.69, 9.17) is 0 Å². The summed E-state index contributed by atoms with van der Waals surface area (Å²) < 4.78 is 3.22. The van der Waals surface area contributed by atoms with E-state index in [-0.39, 0.29) is 0 Å². The van der Waals surface area contributed by atoms with Gasteiger partial charge in [-0.1, -0.05) is 36.4 Å². The molecule has 0 atom stereocenters. The number of nitrogens with zero attached hydrogens (tertiary/aromatic N) is 1. The van der Waals surface area contributed by atoms with Gasteiger partial charge in [0.05, 0.1) is 22.9 Å². The zero-order chi connectivity index (χ0) is 6.95. The lowest BCUT2D eigenvalue weighted by Gasteiger charge is -1.69. The highest BCUT2D eigenvalue weighted by Crippen LogP contribution is 1.79. The molecule has 0 spiro atoms. The van der Waals surface area contributed by atoms with E-state index in [2.05, 4.69) is 9.92 Å². The van der Waals surface area contributed by atoms with E-state index in [0.29, 0.717) is 0 Å². The molecule has 1 rings (SSSR count). The molecular formula is C7H8IN. The Bertz CT molecular complexity index is 112. The van der Waals surface area contributed by atoms with Gasteiger partial charge in [0.25, 0.3) is 0 Å². The molecule has 1 nitrogen and oxygen atoms in total. The molecule has 0 heterocycles. The molecule has 0 bridgehead atoms. The Balaban J connectivity index is 0.000000187. The molecule has 0 saturated heterocycles. The summed E-state index contributed by atoms with van der Waals surface area (Å²) in [6.07, 6.45) is 0. The van der Waals surface area contributed by atoms with Crippen LogP contribution >= 0.6 is 22.9 Å². The van der Waals surface area contributed by atoms with E-state index in [1.807, 2.05) is 36.4 Å². The van der Waals surface area contributed by atoms with Crippen LogP contribution in [0.3, 0.4) is 0 Å². The fourth-order valence-corrected chi connectivity index (χ4v) is 0.385. The Morgan fingerprint density at radius 2 is 1.00 bits per heavy atom. The summed E-state index contributed by atoms with van der Waals surface area (Å²) in [5.41, 5.74) is 0. The third-order valence-electron chi connectivity index (χ3n) is 0.667. The van der Waals surface area contributed by atoms with Gasteiger partial charge in [-0.15, -0.1) is 0 Å². The van der Waals surface area contributed by atoms with Crippen LogP contribution in [0.25, 0.3) is 0 Å². The monoisotopic (exact) mass is 233 g/mol. The van der Waals surface area contributed by atoms with Crippen LogP contribution < -0.4 is 0 Å². The Hall–Kier alpha value is -0.380. The first kappa shape index (κ1) is 8.62. The highest BCUT2D eigenvalue weighted by atomic mass is 127. The lowest BCUT2D eigenvalue weighted by atomic mass is 10.4. The Labute approximate surface area is 69.3 Å². The number of hydrogen-bond donors (Lipinski definition) is 0. The summed E-state index contributed by atoms with van der Waals surface area (Å²) >= 11 is 1.80. The van der Waals surface area contributed by atoms with Gasteiger partial charge in [0.2, 0.25) is 0 Å². The van der Waals surface area contributed by atoms with Crippen molar-refractivity contribution in [3.63, 3.8) is 0 Å². The van der Waals surface area contributed by atoms with Gasteiger partial charge < -0.3 is 0 Å². The van der Waals surface area contributed by atoms with Gasteiger partial charge in [0.1, 0.15) is 0 Å². The summed E-state index contributed by atoms with van der Waals surface area (Å²) in [7, 11) is 0. The SMILES string of the molecule is C=NI.c1ccccc1. The molecule has 0 aliphatic heterocycles. The van der Waals surface area contributed by atoms with Crippen LogP contribution in [0.1, 0.15) is 0 Å². The van der Waals surface area contributed by atoms with E-state index in [9.17, 15) is 0 Å². The lowest BCUT2D eigenvalue weighted by molar-refractivity contribution is 1.72. The number of rotatable bonds is 0. The zero-order valence-electron chi connectivity index (χ0n) is 5.00. The molecule has 0 saturated carbocycles. The van der Waals surface area contributed by atoms with Crippen LogP contribution in [0.5, 0.6) is 0 Å². The van der Waals surface area contributed by atoms with Crippen molar-refractivity contribution < 1.29 is 0 Å². The van der Waals surface area contributed by atoms with E-state index in [0.717, 1.165) is 0 Å². The second-order valence-electron chi connectivity index (χ2n) is 1.27. The smallest absolute Gasteiger partial charge is 0.0824 e. The average molecular weight is 233 g/mol. The maximum atomic E-state index is 3.22. The molecular weight excluding hydrogens is 225 g/mol. The van der Waals surface area contributed by atoms with E-state index >= 15 is 0 Å². The molecule has 0 fully saturated rings. The normalized spacial score (nSPS) is 6.78. The molecule has 0 aromatic heterocycles. The quantitative estimate of drug-likeness (QED) is 0.482. The molecule has 9 heavy (non-hydrogen) atoms. The van der Waals surface area contributed by atoms with Gasteiger partial charge in [0.15, 0.2) is 0 Å². The number of hydrogen-bond acceptors (Lipinski definition) is 1. The Morgan fingerprint density at radius 1 is 0.889 bits per heavy atom. The van der Waals surface area contributed by atoms with Crippen molar-refractivity contribution in [1.29, 1.82) is 0 Å². The fourth-order valence-electron chi connectivity index (χ4n) is 0.385. The van der Waals surface area contributed by atoms with Crippen LogP contribution in [-0.2, 0) is 0 Å². The molecule has 0 aliphatic carbocycles. The summed E-state index contributed by atoms with van der Waals surface area (Å²) in [6.45, 7) is 3.10. The van der Waals surface area contributed by atoms with Crippen molar-refractivity contribution in [1.82, 2.24) is 0 Å². The van der Waals surface area contributed by atoms with Crippen LogP contribution in [0, 0.1) is 0 Å². The first-order chi connectivity index (χ1) is 4.41. The number of benzene rings is 1. The van der Waals surface area contributed by atoms with Gasteiger partial charge in [0, 0.05) is 0 Å². The maximum absolute atomic E-state index is 3.22. The molecule has 2 heteroatoms. The number of halogens is 1. The standard InChI is InChI=1S/C6H6.CH2IN/c1-2-4-6-5-3-1;1-3-2/h1-6H;1H2. The summed E-state index contributed by atoms with van der Waals surface area (Å²) in [5.74, 6) is 0. The average Bonchev–Trinajstić information content (AvgIpc) is 1.93. The first-order valence-electron chi connectivity index (χ1n) is 2.49. The molecule has 48 valence electrons. The van der Waals surface area contributed by atoms with Crippen molar-refractivity contribution in [3.8, 4) is 0 Å². The summed E-state index contributed by atoms with van der Waals surface area (Å²) in [4.78, 5) is 0. The highest BCUT2D eigenvalue weighted by molar-refractivity contribution is 14.1. The van der Waals surface area contributed by atoms with Gasteiger partial charge in [-0.05, 0) is 6.72 Å². The van der Waals surface area contributed by atoms with Gasteiger partial charge >= 0.3 is 0 Å². The molecule has 0 N–H and O–H groups in total. The molecule has 0 radical (unpaired) electrons. The van der Waals surface area contributed by atoms with Gasteiger partial charge in [-0.3, -0.25) is 0 Å². The fraction of sp³-hybridized carbons (Fsp3) is 0. The van der Waals surface area contributed by atoms with Crippen molar-refractivity contribution in [3.05, 3.63) is 36.4 Å². The molecule has 0 aliphatic rings. The van der Waals surface area contributed by atoms with Crippen LogP contribution in [0.4, 0.5) is 0 Å². The third-order valence-corrected chi connectivity index (χ3v) is 0.667. The van der Waals surface area contributed by atoms with Crippen molar-refractivity contribution in [2.75, 3.05) is 0 Å². The summed E-state index contributed by atoms with van der Waals surface area (Å²) in [5, 5.41) is 0. The van der Waals surface area contributed by atoms with Crippen LogP contribution in [-0.4, -0.2) is 6.72 Å². The predicted molar refractivity (Wildman–Crippen MR) is 50.0 cm³/mol. The minimum atomic E-state index is 1.80. The Morgan fingerprint density at radius 3 is 1.11 bits per heavy atom. The third kappa shape index (κ3) is 7.62. The largest absolute Gasteiger partial charge is 0.231 e. The molecule has 1 aromatic rings. The second-order valence-corrected chi connectivity index (χ2v) is 1.96. The summed E-state index contributed by atoms with van der Waals surface area (Å²) in [6, 6.07) is 12.0. The maximum Gasteiger partial charge on any atom is 0.0824 e. The molecule has 0 amide bonds. The zero-order valence-corrected chi connectivity index (χ0v) is 7.15. The van der Waals surface area contributed by atoms with E-state index in [1.165, 1.54) is 0 Å². The van der Waals surface area contributed by atoms with E-state index in [1.54, 1.807) is 22.9 Å². The molecule has 0 unspecified atom stereocenters.